The van der Waals surface area contributed by atoms with E-state index in [0.717, 1.165) is 11.1 Å². The van der Waals surface area contributed by atoms with Crippen molar-refractivity contribution in [2.24, 2.45) is 0 Å². The van der Waals surface area contributed by atoms with Gasteiger partial charge in [-0.1, -0.05) is 42.5 Å². The number of fused-ring (bicyclic) bond motifs is 1. The summed E-state index contributed by atoms with van der Waals surface area (Å²) in [5.74, 6) is -2.01. The van der Waals surface area contributed by atoms with E-state index in [2.05, 4.69) is 0 Å². The van der Waals surface area contributed by atoms with Crippen LogP contribution in [0.2, 0.25) is 0 Å². The van der Waals surface area contributed by atoms with Crippen LogP contribution in [0.4, 0.5) is 13.2 Å². The second kappa shape index (κ2) is 8.18. The zero-order chi connectivity index (χ0) is 22.0. The molecule has 158 valence electrons. The van der Waals surface area contributed by atoms with Crippen molar-refractivity contribution >= 4 is 11.0 Å². The molecule has 1 aromatic heterocycles. The molecule has 0 atom stereocenters. The Hall–Kier alpha value is -3.74. The summed E-state index contributed by atoms with van der Waals surface area (Å²) in [5, 5.41) is -0.0349. The lowest BCUT2D eigenvalue weighted by Gasteiger charge is -2.14. The molecule has 0 saturated carbocycles. The van der Waals surface area contributed by atoms with E-state index in [4.69, 9.17) is 13.9 Å². The number of rotatable bonds is 5. The van der Waals surface area contributed by atoms with Gasteiger partial charge in [0.25, 0.3) is 5.76 Å². The number of hydrogen-bond donors (Lipinski definition) is 0. The summed E-state index contributed by atoms with van der Waals surface area (Å²) in [6, 6.07) is 20.0. The van der Waals surface area contributed by atoms with Crippen molar-refractivity contribution in [2.45, 2.75) is 13.1 Å². The van der Waals surface area contributed by atoms with Gasteiger partial charge in [0, 0.05) is 6.07 Å². The number of ether oxygens (including phenoxy) is 2. The zero-order valence-electron chi connectivity index (χ0n) is 16.4. The maximum absolute atomic E-state index is 13.6. The minimum atomic E-state index is -4.92. The monoisotopic (exact) mass is 426 g/mol. The van der Waals surface area contributed by atoms with E-state index in [9.17, 15) is 18.0 Å². The quantitative estimate of drug-likeness (QED) is 0.358. The third kappa shape index (κ3) is 4.26. The van der Waals surface area contributed by atoms with Crippen molar-refractivity contribution in [3.05, 3.63) is 88.8 Å². The minimum Gasteiger partial charge on any atom is -0.494 e. The summed E-state index contributed by atoms with van der Waals surface area (Å²) in [7, 11) is 0. The molecule has 4 aromatic rings. The largest absolute Gasteiger partial charge is 0.494 e. The van der Waals surface area contributed by atoms with Crippen molar-refractivity contribution < 1.29 is 27.1 Å². The highest BCUT2D eigenvalue weighted by Gasteiger charge is 2.40. The zero-order valence-corrected chi connectivity index (χ0v) is 16.4. The Morgan fingerprint density at radius 1 is 0.871 bits per heavy atom. The second-order valence-corrected chi connectivity index (χ2v) is 6.67. The molecule has 0 saturated heterocycles. The highest BCUT2D eigenvalue weighted by Crippen LogP contribution is 2.39. The number of hydrogen-bond acceptors (Lipinski definition) is 4. The molecule has 3 aromatic carbocycles. The van der Waals surface area contributed by atoms with Crippen LogP contribution in [0.15, 0.2) is 82.0 Å². The number of benzene rings is 3. The number of alkyl halides is 3. The Bertz CT molecular complexity index is 1260. The Morgan fingerprint density at radius 2 is 1.52 bits per heavy atom. The molecule has 4 rings (SSSR count). The predicted molar refractivity (Wildman–Crippen MR) is 111 cm³/mol. The van der Waals surface area contributed by atoms with Gasteiger partial charge in [0.2, 0.25) is 11.2 Å². The SMILES string of the molecule is CCOc1ccc2c(=O)c(Oc3ccc(-c4ccccc4)cc3)c(C(F)(F)F)oc2c1. The van der Waals surface area contributed by atoms with Gasteiger partial charge in [0.1, 0.15) is 17.1 Å². The molecule has 0 aliphatic heterocycles. The van der Waals surface area contributed by atoms with Crippen LogP contribution < -0.4 is 14.9 Å². The number of halogens is 3. The summed E-state index contributed by atoms with van der Waals surface area (Å²) < 4.78 is 56.7. The van der Waals surface area contributed by atoms with E-state index < -0.39 is 23.1 Å². The van der Waals surface area contributed by atoms with Gasteiger partial charge in [-0.15, -0.1) is 0 Å². The van der Waals surface area contributed by atoms with Gasteiger partial charge in [0.05, 0.1) is 12.0 Å². The topological polar surface area (TPSA) is 48.7 Å². The third-order valence-corrected chi connectivity index (χ3v) is 4.57. The molecule has 0 aliphatic rings. The molecule has 1 heterocycles. The fourth-order valence-corrected chi connectivity index (χ4v) is 3.16. The molecule has 0 unspecified atom stereocenters. The lowest BCUT2D eigenvalue weighted by atomic mass is 10.1. The van der Waals surface area contributed by atoms with Crippen LogP contribution in [0, 0.1) is 0 Å². The Labute approximate surface area is 175 Å². The molecule has 0 amide bonds. The predicted octanol–water partition coefficient (Wildman–Crippen LogP) is 6.67. The van der Waals surface area contributed by atoms with E-state index >= 15 is 0 Å². The molecule has 4 nitrogen and oxygen atoms in total. The summed E-state index contributed by atoms with van der Waals surface area (Å²) in [4.78, 5) is 12.8. The van der Waals surface area contributed by atoms with Crippen LogP contribution in [0.3, 0.4) is 0 Å². The van der Waals surface area contributed by atoms with Gasteiger partial charge in [-0.3, -0.25) is 4.79 Å². The first kappa shape index (κ1) is 20.5. The molecule has 0 fully saturated rings. The van der Waals surface area contributed by atoms with Crippen LogP contribution in [0.5, 0.6) is 17.2 Å². The maximum atomic E-state index is 13.6. The highest BCUT2D eigenvalue weighted by atomic mass is 19.4. The normalized spacial score (nSPS) is 11.5. The van der Waals surface area contributed by atoms with Crippen LogP contribution in [-0.2, 0) is 6.18 Å². The minimum absolute atomic E-state index is 0.0349. The van der Waals surface area contributed by atoms with E-state index in [-0.39, 0.29) is 16.7 Å². The molecule has 31 heavy (non-hydrogen) atoms. The van der Waals surface area contributed by atoms with Crippen LogP contribution in [-0.4, -0.2) is 6.61 Å². The van der Waals surface area contributed by atoms with Crippen molar-refractivity contribution in [1.29, 1.82) is 0 Å². The molecule has 0 bridgehead atoms. The molecule has 0 radical (unpaired) electrons. The first-order valence-electron chi connectivity index (χ1n) is 9.51. The standard InChI is InChI=1S/C24H17F3O4/c1-2-29-18-12-13-19-20(14-18)31-23(24(25,26)27)22(21(19)28)30-17-10-8-16(9-11-17)15-6-4-3-5-7-15/h3-14H,2H2,1H3. The fraction of sp³-hybridized carbons (Fsp3) is 0.125. The van der Waals surface area contributed by atoms with Crippen molar-refractivity contribution in [2.75, 3.05) is 6.61 Å². The van der Waals surface area contributed by atoms with Crippen molar-refractivity contribution in [3.63, 3.8) is 0 Å². The van der Waals surface area contributed by atoms with E-state index in [1.807, 2.05) is 30.3 Å². The van der Waals surface area contributed by atoms with Crippen molar-refractivity contribution in [1.82, 2.24) is 0 Å². The first-order valence-corrected chi connectivity index (χ1v) is 9.51. The molecular formula is C24H17F3O4. The van der Waals surface area contributed by atoms with Gasteiger partial charge in [0.15, 0.2) is 0 Å². The fourth-order valence-electron chi connectivity index (χ4n) is 3.16. The molecule has 7 heteroatoms. The van der Waals surface area contributed by atoms with E-state index in [0.29, 0.717) is 12.4 Å². The van der Waals surface area contributed by atoms with E-state index in [1.54, 1.807) is 19.1 Å². The van der Waals surface area contributed by atoms with Gasteiger partial charge >= 0.3 is 6.18 Å². The molecule has 0 spiro atoms. The Morgan fingerprint density at radius 3 is 2.16 bits per heavy atom. The third-order valence-electron chi connectivity index (χ3n) is 4.57. The average molecular weight is 426 g/mol. The summed E-state index contributed by atoms with van der Waals surface area (Å²) in [5.41, 5.74) is 0.664. The lowest BCUT2D eigenvalue weighted by Crippen LogP contribution is -2.15. The van der Waals surface area contributed by atoms with E-state index in [1.165, 1.54) is 30.3 Å². The molecule has 0 N–H and O–H groups in total. The van der Waals surface area contributed by atoms with Crippen LogP contribution >= 0.6 is 0 Å². The highest BCUT2D eigenvalue weighted by molar-refractivity contribution is 5.80. The van der Waals surface area contributed by atoms with Crippen molar-refractivity contribution in [3.8, 4) is 28.4 Å². The van der Waals surface area contributed by atoms with Gasteiger partial charge in [-0.25, -0.2) is 0 Å². The lowest BCUT2D eigenvalue weighted by molar-refractivity contribution is -0.154. The summed E-state index contributed by atoms with van der Waals surface area (Å²) in [6.07, 6.45) is -4.92. The van der Waals surface area contributed by atoms with Crippen LogP contribution in [0.25, 0.3) is 22.1 Å². The van der Waals surface area contributed by atoms with Gasteiger partial charge in [-0.05, 0) is 42.3 Å². The maximum Gasteiger partial charge on any atom is 0.453 e. The Balaban J connectivity index is 1.76. The molecular weight excluding hydrogens is 409 g/mol. The average Bonchev–Trinajstić information content (AvgIpc) is 2.76. The van der Waals surface area contributed by atoms with Crippen LogP contribution in [0.1, 0.15) is 12.7 Å². The van der Waals surface area contributed by atoms with Gasteiger partial charge < -0.3 is 13.9 Å². The smallest absolute Gasteiger partial charge is 0.453 e. The first-order chi connectivity index (χ1) is 14.9. The Kier molecular flexibility index (Phi) is 5.42. The van der Waals surface area contributed by atoms with Gasteiger partial charge in [-0.2, -0.15) is 13.2 Å². The summed E-state index contributed by atoms with van der Waals surface area (Å²) >= 11 is 0. The molecule has 0 aliphatic carbocycles. The second-order valence-electron chi connectivity index (χ2n) is 6.67. The summed E-state index contributed by atoms with van der Waals surface area (Å²) in [6.45, 7) is 2.06.